The predicted octanol–water partition coefficient (Wildman–Crippen LogP) is 6.11. The highest BCUT2D eigenvalue weighted by atomic mass is 32.1. The number of ether oxygens (including phenoxy) is 2. The van der Waals surface area contributed by atoms with E-state index in [9.17, 15) is 4.79 Å². The summed E-state index contributed by atoms with van der Waals surface area (Å²) in [6.07, 6.45) is 3.97. The Morgan fingerprint density at radius 2 is 1.64 bits per heavy atom. The number of unbranched alkanes of at least 4 members (excludes halogenated alkanes) is 2. The number of hydrogen-bond acceptors (Lipinski definition) is 5. The van der Waals surface area contributed by atoms with Gasteiger partial charge in [-0.25, -0.2) is 4.79 Å². The van der Waals surface area contributed by atoms with Gasteiger partial charge in [0, 0.05) is 17.0 Å². The van der Waals surface area contributed by atoms with Crippen LogP contribution in [0.25, 0.3) is 22.1 Å². The molecule has 1 aromatic heterocycles. The summed E-state index contributed by atoms with van der Waals surface area (Å²) in [5, 5.41) is 0.695. The summed E-state index contributed by atoms with van der Waals surface area (Å²) in [7, 11) is 0. The summed E-state index contributed by atoms with van der Waals surface area (Å²) < 4.78 is 17.5. The topological polar surface area (TPSA) is 48.7 Å². The highest BCUT2D eigenvalue weighted by Crippen LogP contribution is 2.38. The molecule has 0 aliphatic rings. The molecule has 148 valence electrons. The maximum absolute atomic E-state index is 12.7. The van der Waals surface area contributed by atoms with Crippen molar-refractivity contribution in [3.8, 4) is 22.6 Å². The third kappa shape index (κ3) is 4.53. The molecule has 0 aliphatic heterocycles. The molecule has 3 rings (SSSR count). The van der Waals surface area contributed by atoms with Crippen molar-refractivity contribution in [3.63, 3.8) is 0 Å². The first-order valence-electron chi connectivity index (χ1n) is 9.80. The fourth-order valence-corrected chi connectivity index (χ4v) is 3.41. The Hall–Kier alpha value is -2.40. The van der Waals surface area contributed by atoms with Crippen molar-refractivity contribution < 1.29 is 13.9 Å². The standard InChI is InChI=1S/C23H26O4S/c1-3-5-12-25-17-14-18(26-13-6-4-2)21-19(15-17)27-23(24)20(22(21)28)16-10-8-7-9-11-16/h7-11,14-15,28H,3-6,12-13H2,1-2H3. The molecule has 0 N–H and O–H groups in total. The van der Waals surface area contributed by atoms with Crippen molar-refractivity contribution >= 4 is 23.6 Å². The van der Waals surface area contributed by atoms with Crippen LogP contribution in [-0.2, 0) is 0 Å². The minimum Gasteiger partial charge on any atom is -0.493 e. The second-order valence-corrected chi connectivity index (χ2v) is 7.12. The van der Waals surface area contributed by atoms with Crippen LogP contribution in [0.2, 0.25) is 0 Å². The van der Waals surface area contributed by atoms with Gasteiger partial charge in [0.15, 0.2) is 0 Å². The second kappa shape index (κ2) is 9.69. The Morgan fingerprint density at radius 3 is 2.32 bits per heavy atom. The number of rotatable bonds is 9. The zero-order valence-electron chi connectivity index (χ0n) is 16.4. The van der Waals surface area contributed by atoms with Crippen LogP contribution in [0.4, 0.5) is 0 Å². The van der Waals surface area contributed by atoms with Gasteiger partial charge in [0.05, 0.1) is 24.2 Å². The monoisotopic (exact) mass is 398 g/mol. The Balaban J connectivity index is 2.14. The number of thiol groups is 1. The average Bonchev–Trinajstić information content (AvgIpc) is 2.69. The third-order valence-electron chi connectivity index (χ3n) is 4.50. The van der Waals surface area contributed by atoms with E-state index in [-0.39, 0.29) is 0 Å². The molecule has 0 saturated carbocycles. The molecule has 1 heterocycles. The van der Waals surface area contributed by atoms with E-state index < -0.39 is 5.63 Å². The quantitative estimate of drug-likeness (QED) is 0.268. The summed E-state index contributed by atoms with van der Waals surface area (Å²) in [4.78, 5) is 13.3. The molecule has 0 atom stereocenters. The molecule has 0 radical (unpaired) electrons. The van der Waals surface area contributed by atoms with Gasteiger partial charge in [0.2, 0.25) is 0 Å². The van der Waals surface area contributed by atoms with Gasteiger partial charge in [-0.15, -0.1) is 12.6 Å². The molecule has 0 amide bonds. The van der Waals surface area contributed by atoms with Gasteiger partial charge in [-0.2, -0.15) is 0 Å². The van der Waals surface area contributed by atoms with E-state index in [0.29, 0.717) is 46.1 Å². The largest absolute Gasteiger partial charge is 0.493 e. The lowest BCUT2D eigenvalue weighted by atomic mass is 10.1. The van der Waals surface area contributed by atoms with E-state index in [2.05, 4.69) is 13.8 Å². The van der Waals surface area contributed by atoms with Crippen molar-refractivity contribution in [3.05, 3.63) is 52.9 Å². The van der Waals surface area contributed by atoms with Crippen LogP contribution in [0.1, 0.15) is 39.5 Å². The summed E-state index contributed by atoms with van der Waals surface area (Å²) >= 11 is 4.70. The van der Waals surface area contributed by atoms with E-state index in [4.69, 9.17) is 26.5 Å². The Bertz CT molecular complexity index is 979. The Morgan fingerprint density at radius 1 is 0.964 bits per heavy atom. The molecular formula is C23H26O4S. The van der Waals surface area contributed by atoms with Gasteiger partial charge in [-0.05, 0) is 18.4 Å². The molecule has 0 bridgehead atoms. The molecule has 2 aromatic carbocycles. The van der Waals surface area contributed by atoms with Gasteiger partial charge in [0.1, 0.15) is 17.1 Å². The molecule has 0 aliphatic carbocycles. The summed E-state index contributed by atoms with van der Waals surface area (Å²) in [5.41, 5.74) is 1.21. The molecule has 0 unspecified atom stereocenters. The van der Waals surface area contributed by atoms with Gasteiger partial charge < -0.3 is 13.9 Å². The van der Waals surface area contributed by atoms with E-state index in [0.717, 1.165) is 31.2 Å². The number of hydrogen-bond donors (Lipinski definition) is 1. The summed E-state index contributed by atoms with van der Waals surface area (Å²) in [6.45, 7) is 5.41. The zero-order chi connectivity index (χ0) is 19.9. The smallest absolute Gasteiger partial charge is 0.345 e. The van der Waals surface area contributed by atoms with E-state index >= 15 is 0 Å². The number of fused-ring (bicyclic) bond motifs is 1. The summed E-state index contributed by atoms with van der Waals surface area (Å²) in [5.74, 6) is 1.26. The Labute approximate surface area is 170 Å². The van der Waals surface area contributed by atoms with E-state index in [1.165, 1.54) is 0 Å². The highest BCUT2D eigenvalue weighted by molar-refractivity contribution is 7.80. The fraction of sp³-hybridized carbons (Fsp3) is 0.348. The first kappa shape index (κ1) is 20.3. The van der Waals surface area contributed by atoms with Gasteiger partial charge in [-0.3, -0.25) is 0 Å². The van der Waals surface area contributed by atoms with Crippen LogP contribution in [0.3, 0.4) is 0 Å². The third-order valence-corrected chi connectivity index (χ3v) is 4.95. The van der Waals surface area contributed by atoms with Crippen LogP contribution >= 0.6 is 12.6 Å². The van der Waals surface area contributed by atoms with Crippen molar-refractivity contribution in [1.82, 2.24) is 0 Å². The van der Waals surface area contributed by atoms with Crippen LogP contribution in [0.5, 0.6) is 11.5 Å². The van der Waals surface area contributed by atoms with Crippen molar-refractivity contribution in [2.24, 2.45) is 0 Å². The molecule has 0 fully saturated rings. The highest BCUT2D eigenvalue weighted by Gasteiger charge is 2.19. The van der Waals surface area contributed by atoms with Crippen LogP contribution < -0.4 is 15.1 Å². The van der Waals surface area contributed by atoms with E-state index in [1.807, 2.05) is 36.4 Å². The lowest BCUT2D eigenvalue weighted by Crippen LogP contribution is -2.07. The predicted molar refractivity (Wildman–Crippen MR) is 116 cm³/mol. The molecular weight excluding hydrogens is 372 g/mol. The fourth-order valence-electron chi connectivity index (χ4n) is 2.97. The molecule has 28 heavy (non-hydrogen) atoms. The van der Waals surface area contributed by atoms with Crippen LogP contribution in [0.15, 0.2) is 56.6 Å². The van der Waals surface area contributed by atoms with Crippen molar-refractivity contribution in [2.75, 3.05) is 13.2 Å². The zero-order valence-corrected chi connectivity index (χ0v) is 17.3. The first-order chi connectivity index (χ1) is 13.7. The Kier molecular flexibility index (Phi) is 7.04. The first-order valence-corrected chi connectivity index (χ1v) is 10.2. The lowest BCUT2D eigenvalue weighted by Gasteiger charge is -2.15. The van der Waals surface area contributed by atoms with Crippen molar-refractivity contribution in [1.29, 1.82) is 0 Å². The van der Waals surface area contributed by atoms with Crippen LogP contribution in [0, 0.1) is 0 Å². The lowest BCUT2D eigenvalue weighted by molar-refractivity contribution is 0.295. The van der Waals surface area contributed by atoms with Gasteiger partial charge >= 0.3 is 5.63 Å². The maximum Gasteiger partial charge on any atom is 0.345 e. The van der Waals surface area contributed by atoms with Gasteiger partial charge in [-0.1, -0.05) is 57.0 Å². The second-order valence-electron chi connectivity index (χ2n) is 6.68. The van der Waals surface area contributed by atoms with Crippen LogP contribution in [-0.4, -0.2) is 13.2 Å². The molecule has 0 saturated heterocycles. The van der Waals surface area contributed by atoms with Crippen molar-refractivity contribution in [2.45, 2.75) is 44.4 Å². The normalized spacial score (nSPS) is 11.0. The molecule has 3 aromatic rings. The average molecular weight is 399 g/mol. The minimum atomic E-state index is -0.422. The maximum atomic E-state index is 12.7. The van der Waals surface area contributed by atoms with E-state index in [1.54, 1.807) is 6.07 Å². The molecule has 4 nitrogen and oxygen atoms in total. The minimum absolute atomic E-state index is 0.422. The molecule has 5 heteroatoms. The number of benzene rings is 2. The summed E-state index contributed by atoms with van der Waals surface area (Å²) in [6, 6.07) is 13.0. The SMILES string of the molecule is CCCCOc1cc(OCCCC)c2c(S)c(-c3ccccc3)c(=O)oc2c1. The van der Waals surface area contributed by atoms with Gasteiger partial charge in [0.25, 0.3) is 0 Å². The molecule has 0 spiro atoms.